The van der Waals surface area contributed by atoms with Crippen molar-refractivity contribution in [3.8, 4) is 0 Å². The van der Waals surface area contributed by atoms with Gasteiger partial charge in [0.1, 0.15) is 6.61 Å². The topological polar surface area (TPSA) is 72.8 Å². The lowest BCUT2D eigenvalue weighted by Crippen LogP contribution is -2.28. The van der Waals surface area contributed by atoms with E-state index in [1.165, 1.54) is 83.5 Å². The molecule has 0 heterocycles. The Bertz CT molecular complexity index is 782. The second kappa shape index (κ2) is 37.3. The third kappa shape index (κ3) is 34.7. The highest BCUT2D eigenvalue weighted by molar-refractivity contribution is 5.70. The zero-order valence-corrected chi connectivity index (χ0v) is 30.1. The van der Waals surface area contributed by atoms with Crippen molar-refractivity contribution in [3.63, 3.8) is 0 Å². The quantitative estimate of drug-likeness (QED) is 0.0429. The number of hydrogen-bond acceptors (Lipinski definition) is 5. The molecule has 1 N–H and O–H groups in total. The van der Waals surface area contributed by atoms with Gasteiger partial charge in [-0.15, -0.1) is 0 Å². The Morgan fingerprint density at radius 2 is 0.935 bits per heavy atom. The van der Waals surface area contributed by atoms with Gasteiger partial charge in [-0.25, -0.2) is 0 Å². The van der Waals surface area contributed by atoms with Crippen molar-refractivity contribution in [3.05, 3.63) is 48.6 Å². The Morgan fingerprint density at radius 1 is 0.522 bits per heavy atom. The number of hydrogen-bond donors (Lipinski definition) is 1. The number of rotatable bonds is 34. The van der Waals surface area contributed by atoms with E-state index < -0.39 is 6.10 Å². The van der Waals surface area contributed by atoms with E-state index in [4.69, 9.17) is 9.47 Å². The first-order valence-corrected chi connectivity index (χ1v) is 19.2. The van der Waals surface area contributed by atoms with E-state index >= 15 is 0 Å². The minimum atomic E-state index is -0.779. The number of aliphatic hydroxyl groups excluding tert-OH is 1. The molecule has 0 aliphatic heterocycles. The van der Waals surface area contributed by atoms with Crippen LogP contribution in [0.2, 0.25) is 0 Å². The van der Waals surface area contributed by atoms with Gasteiger partial charge < -0.3 is 14.6 Å². The Morgan fingerprint density at radius 3 is 1.43 bits per heavy atom. The molecule has 0 fully saturated rings. The molecule has 0 bridgehead atoms. The molecule has 266 valence electrons. The molecule has 5 heteroatoms. The Balaban J connectivity index is 3.59. The van der Waals surface area contributed by atoms with E-state index in [2.05, 4.69) is 62.5 Å². The first-order valence-electron chi connectivity index (χ1n) is 19.2. The van der Waals surface area contributed by atoms with E-state index in [0.29, 0.717) is 12.8 Å². The number of ether oxygens (including phenoxy) is 2. The van der Waals surface area contributed by atoms with Gasteiger partial charge in [0.2, 0.25) is 0 Å². The monoisotopic (exact) mass is 645 g/mol. The summed E-state index contributed by atoms with van der Waals surface area (Å²) < 4.78 is 10.6. The molecule has 0 spiro atoms. The molecule has 0 aromatic rings. The average Bonchev–Trinajstić information content (AvgIpc) is 3.06. The first-order chi connectivity index (χ1) is 22.6. The van der Waals surface area contributed by atoms with Gasteiger partial charge in [-0.1, -0.05) is 146 Å². The summed E-state index contributed by atoms with van der Waals surface area (Å²) in [7, 11) is 0. The number of carbonyl (C=O) groups is 2. The van der Waals surface area contributed by atoms with Crippen LogP contribution in [-0.2, 0) is 19.1 Å². The van der Waals surface area contributed by atoms with E-state index in [-0.39, 0.29) is 25.2 Å². The van der Waals surface area contributed by atoms with Crippen LogP contribution in [0.4, 0.5) is 0 Å². The zero-order valence-electron chi connectivity index (χ0n) is 30.1. The van der Waals surface area contributed by atoms with Crippen molar-refractivity contribution in [1.82, 2.24) is 0 Å². The summed E-state index contributed by atoms with van der Waals surface area (Å²) >= 11 is 0. The second-order valence-electron chi connectivity index (χ2n) is 12.6. The van der Waals surface area contributed by atoms with Crippen LogP contribution in [0.25, 0.3) is 0 Å². The van der Waals surface area contributed by atoms with E-state index in [9.17, 15) is 14.7 Å². The lowest BCUT2D eigenvalue weighted by atomic mass is 10.1. The van der Waals surface area contributed by atoms with Crippen molar-refractivity contribution >= 4 is 11.9 Å². The van der Waals surface area contributed by atoms with Crippen LogP contribution in [0.5, 0.6) is 0 Å². The molecule has 0 aliphatic rings. The lowest BCUT2D eigenvalue weighted by molar-refractivity contribution is -0.161. The Labute approximate surface area is 284 Å². The molecule has 0 aromatic heterocycles. The summed E-state index contributed by atoms with van der Waals surface area (Å²) in [5, 5.41) is 9.54. The van der Waals surface area contributed by atoms with Crippen LogP contribution in [-0.4, -0.2) is 36.4 Å². The predicted octanol–water partition coefficient (Wildman–Crippen LogP) is 11.8. The molecule has 0 aliphatic carbocycles. The van der Waals surface area contributed by atoms with Gasteiger partial charge in [-0.2, -0.15) is 0 Å². The molecule has 1 unspecified atom stereocenters. The summed E-state index contributed by atoms with van der Waals surface area (Å²) in [5.41, 5.74) is 0. The maximum Gasteiger partial charge on any atom is 0.306 e. The molecule has 1 atom stereocenters. The van der Waals surface area contributed by atoms with Crippen LogP contribution in [0.3, 0.4) is 0 Å². The van der Waals surface area contributed by atoms with Gasteiger partial charge in [0.15, 0.2) is 6.10 Å². The average molecular weight is 645 g/mol. The fourth-order valence-corrected chi connectivity index (χ4v) is 5.21. The smallest absolute Gasteiger partial charge is 0.306 e. The number of allylic oxidation sites excluding steroid dienone is 8. The molecule has 0 radical (unpaired) electrons. The summed E-state index contributed by atoms with van der Waals surface area (Å²) in [6.45, 7) is 4.00. The lowest BCUT2D eigenvalue weighted by Gasteiger charge is -2.15. The molecular weight excluding hydrogens is 572 g/mol. The van der Waals surface area contributed by atoms with Gasteiger partial charge in [-0.05, 0) is 70.6 Å². The summed E-state index contributed by atoms with van der Waals surface area (Å²) in [6.07, 6.45) is 45.9. The highest BCUT2D eigenvalue weighted by Crippen LogP contribution is 2.12. The van der Waals surface area contributed by atoms with Crippen molar-refractivity contribution in [2.24, 2.45) is 0 Å². The fourth-order valence-electron chi connectivity index (χ4n) is 5.21. The van der Waals surface area contributed by atoms with Crippen LogP contribution in [0.15, 0.2) is 48.6 Å². The largest absolute Gasteiger partial charge is 0.462 e. The van der Waals surface area contributed by atoms with Crippen molar-refractivity contribution < 1.29 is 24.2 Å². The van der Waals surface area contributed by atoms with Crippen LogP contribution >= 0.6 is 0 Å². The fraction of sp³-hybridized carbons (Fsp3) is 0.756. The molecule has 46 heavy (non-hydrogen) atoms. The van der Waals surface area contributed by atoms with Crippen molar-refractivity contribution in [1.29, 1.82) is 0 Å². The highest BCUT2D eigenvalue weighted by atomic mass is 16.6. The zero-order chi connectivity index (χ0) is 33.6. The Kier molecular flexibility index (Phi) is 35.6. The molecule has 0 aromatic carbocycles. The van der Waals surface area contributed by atoms with Gasteiger partial charge in [0.25, 0.3) is 0 Å². The maximum atomic E-state index is 12.2. The highest BCUT2D eigenvalue weighted by Gasteiger charge is 2.16. The number of unbranched alkanes of at least 4 members (excludes halogenated alkanes) is 18. The summed E-state index contributed by atoms with van der Waals surface area (Å²) in [6, 6.07) is 0. The minimum absolute atomic E-state index is 0.0747. The number of aliphatic hydroxyl groups is 1. The summed E-state index contributed by atoms with van der Waals surface area (Å²) in [4.78, 5) is 24.2. The van der Waals surface area contributed by atoms with E-state index in [1.54, 1.807) is 0 Å². The van der Waals surface area contributed by atoms with Crippen molar-refractivity contribution in [2.75, 3.05) is 13.2 Å². The van der Waals surface area contributed by atoms with Gasteiger partial charge in [-0.3, -0.25) is 9.59 Å². The van der Waals surface area contributed by atoms with Crippen LogP contribution in [0, 0.1) is 0 Å². The summed E-state index contributed by atoms with van der Waals surface area (Å²) in [5.74, 6) is -0.613. The Hall–Kier alpha value is -2.14. The molecule has 0 amide bonds. The predicted molar refractivity (Wildman–Crippen MR) is 196 cm³/mol. The molecular formula is C41H72O5. The third-order valence-electron chi connectivity index (χ3n) is 8.11. The third-order valence-corrected chi connectivity index (χ3v) is 8.11. The first kappa shape index (κ1) is 43.9. The van der Waals surface area contributed by atoms with Crippen molar-refractivity contribution in [2.45, 2.75) is 187 Å². The SMILES string of the molecule is CC/C=C\C/C=C\C/C=C\CCCCCCCCCC(=O)OC(CO)COC(=O)CCCCCCC/C=C\CCCCCCCC. The molecule has 0 saturated heterocycles. The normalized spacial score (nSPS) is 12.7. The number of carbonyl (C=O) groups excluding carboxylic acids is 2. The van der Waals surface area contributed by atoms with Crippen LogP contribution < -0.4 is 0 Å². The van der Waals surface area contributed by atoms with E-state index in [1.807, 2.05) is 0 Å². The van der Waals surface area contributed by atoms with Gasteiger partial charge in [0, 0.05) is 12.8 Å². The second-order valence-corrected chi connectivity index (χ2v) is 12.6. The number of esters is 2. The molecule has 0 rings (SSSR count). The minimum Gasteiger partial charge on any atom is -0.462 e. The standard InChI is InChI=1S/C41H72O5/c1-3-5-7-9-11-13-15-17-19-20-22-24-26-28-30-32-34-36-41(44)46-39(37-42)38-45-40(43)35-33-31-29-27-25-23-21-18-16-14-12-10-8-6-4-2/h5,7,11,13,17-19,21,39,42H,3-4,6,8-10,12,14-16,20,22-38H2,1-2H3/b7-5-,13-11-,19-17-,21-18-. The van der Waals surface area contributed by atoms with E-state index in [0.717, 1.165) is 70.6 Å². The van der Waals surface area contributed by atoms with Gasteiger partial charge in [0.05, 0.1) is 6.61 Å². The van der Waals surface area contributed by atoms with Gasteiger partial charge >= 0.3 is 11.9 Å². The molecule has 5 nitrogen and oxygen atoms in total. The maximum absolute atomic E-state index is 12.2. The van der Waals surface area contributed by atoms with Crippen LogP contribution in [0.1, 0.15) is 181 Å². The molecule has 0 saturated carbocycles.